The number of nitrogens with one attached hydrogen (secondary N) is 1. The Kier molecular flexibility index (Phi) is 6.22. The first-order valence-corrected chi connectivity index (χ1v) is 8.42. The number of carbonyl (C=O) groups excluding carboxylic acids is 2. The predicted octanol–water partition coefficient (Wildman–Crippen LogP) is 2.28. The smallest absolute Gasteiger partial charge is 0.305 e. The number of amides is 1. The molecule has 0 spiro atoms. The summed E-state index contributed by atoms with van der Waals surface area (Å²) in [5.41, 5.74) is 1.35. The minimum Gasteiger partial charge on any atom is -0.469 e. The zero-order chi connectivity index (χ0) is 16.7. The van der Waals surface area contributed by atoms with Crippen molar-refractivity contribution in [3.05, 3.63) is 42.2 Å². The number of thioether (sulfide) groups is 1. The third kappa shape index (κ3) is 4.35. The molecule has 0 fully saturated rings. The van der Waals surface area contributed by atoms with Crippen LogP contribution >= 0.6 is 11.8 Å². The summed E-state index contributed by atoms with van der Waals surface area (Å²) in [6.07, 6.45) is 4.30. The molecule has 23 heavy (non-hydrogen) atoms. The average Bonchev–Trinajstić information content (AvgIpc) is 3.03. The monoisotopic (exact) mass is 333 g/mol. The zero-order valence-electron chi connectivity index (χ0n) is 13.1. The van der Waals surface area contributed by atoms with Crippen LogP contribution < -0.4 is 5.32 Å². The van der Waals surface area contributed by atoms with E-state index in [2.05, 4.69) is 15.0 Å². The maximum atomic E-state index is 12.4. The van der Waals surface area contributed by atoms with E-state index in [1.807, 2.05) is 41.2 Å². The van der Waals surface area contributed by atoms with Gasteiger partial charge in [0, 0.05) is 18.7 Å². The summed E-state index contributed by atoms with van der Waals surface area (Å²) in [6, 6.07) is 9.60. The van der Waals surface area contributed by atoms with E-state index in [4.69, 9.17) is 0 Å². The third-order valence-corrected chi connectivity index (χ3v) is 3.88. The number of rotatable bonds is 7. The molecule has 0 saturated heterocycles. The lowest BCUT2D eigenvalue weighted by Crippen LogP contribution is -2.27. The number of ether oxygens (including phenoxy) is 1. The van der Waals surface area contributed by atoms with Gasteiger partial charge in [-0.05, 0) is 24.8 Å². The van der Waals surface area contributed by atoms with Gasteiger partial charge in [-0.1, -0.05) is 30.0 Å². The van der Waals surface area contributed by atoms with Gasteiger partial charge in [0.25, 0.3) is 5.91 Å². The maximum Gasteiger partial charge on any atom is 0.305 e. The highest BCUT2D eigenvalue weighted by Crippen LogP contribution is 2.21. The highest BCUT2D eigenvalue weighted by molar-refractivity contribution is 7.98. The molecule has 0 radical (unpaired) electrons. The second-order valence-corrected chi connectivity index (χ2v) is 5.51. The molecule has 122 valence electrons. The van der Waals surface area contributed by atoms with Crippen molar-refractivity contribution < 1.29 is 14.3 Å². The van der Waals surface area contributed by atoms with Gasteiger partial charge >= 0.3 is 5.97 Å². The van der Waals surface area contributed by atoms with Crippen molar-refractivity contribution in [2.45, 2.75) is 18.0 Å². The highest BCUT2D eigenvalue weighted by Gasteiger charge is 2.17. The van der Waals surface area contributed by atoms with E-state index in [1.165, 1.54) is 18.9 Å². The molecule has 0 aliphatic carbocycles. The predicted molar refractivity (Wildman–Crippen MR) is 88.9 cm³/mol. The minimum absolute atomic E-state index is 0.216. The fourth-order valence-corrected chi connectivity index (χ4v) is 2.64. The zero-order valence-corrected chi connectivity index (χ0v) is 13.9. The molecule has 2 rings (SSSR count). The normalized spacial score (nSPS) is 10.3. The fraction of sp³-hybridized carbons (Fsp3) is 0.312. The Balaban J connectivity index is 2.09. The van der Waals surface area contributed by atoms with Gasteiger partial charge in [-0.3, -0.25) is 14.2 Å². The Bertz CT molecular complexity index is 670. The standard InChI is InChI=1S/C16H19N3O3S/c1-22-14(20)9-6-10-17-15(21)13-11-18-16(23-2)19(13)12-7-4-3-5-8-12/h3-5,7-8,11H,6,9-10H2,1-2H3,(H,17,21). The van der Waals surface area contributed by atoms with Crippen LogP contribution in [0.4, 0.5) is 0 Å². The van der Waals surface area contributed by atoms with Crippen LogP contribution in [0.2, 0.25) is 0 Å². The largest absolute Gasteiger partial charge is 0.469 e. The topological polar surface area (TPSA) is 73.2 Å². The molecule has 1 heterocycles. The number of nitrogens with zero attached hydrogens (tertiary/aromatic N) is 2. The number of para-hydroxylation sites is 1. The van der Waals surface area contributed by atoms with Crippen LogP contribution in [-0.2, 0) is 9.53 Å². The van der Waals surface area contributed by atoms with Gasteiger partial charge in [0.15, 0.2) is 5.16 Å². The van der Waals surface area contributed by atoms with Crippen molar-refractivity contribution >= 4 is 23.6 Å². The van der Waals surface area contributed by atoms with Gasteiger partial charge in [0.05, 0.1) is 13.3 Å². The van der Waals surface area contributed by atoms with Crippen LogP contribution in [0.1, 0.15) is 23.3 Å². The SMILES string of the molecule is COC(=O)CCCNC(=O)c1cnc(SC)n1-c1ccccc1. The summed E-state index contributed by atoms with van der Waals surface area (Å²) in [4.78, 5) is 27.7. The first kappa shape index (κ1) is 17.1. The Morgan fingerprint density at radius 1 is 1.30 bits per heavy atom. The molecule has 0 saturated carbocycles. The number of carbonyl (C=O) groups is 2. The minimum atomic E-state index is -0.279. The van der Waals surface area contributed by atoms with Gasteiger partial charge in [-0.25, -0.2) is 4.98 Å². The van der Waals surface area contributed by atoms with E-state index in [0.717, 1.165) is 10.8 Å². The second-order valence-electron chi connectivity index (χ2n) is 4.74. The summed E-state index contributed by atoms with van der Waals surface area (Å²) in [6.45, 7) is 0.405. The molecular formula is C16H19N3O3S. The van der Waals surface area contributed by atoms with E-state index < -0.39 is 0 Å². The lowest BCUT2D eigenvalue weighted by Gasteiger charge is -2.11. The maximum absolute atomic E-state index is 12.4. The summed E-state index contributed by atoms with van der Waals surface area (Å²) >= 11 is 1.47. The molecule has 7 heteroatoms. The number of esters is 1. The van der Waals surface area contributed by atoms with Crippen LogP contribution in [-0.4, -0.2) is 41.3 Å². The Labute approximate surface area is 139 Å². The molecule has 0 aliphatic heterocycles. The molecule has 2 aromatic rings. The lowest BCUT2D eigenvalue weighted by atomic mass is 10.3. The van der Waals surface area contributed by atoms with E-state index in [9.17, 15) is 9.59 Å². The van der Waals surface area contributed by atoms with Gasteiger partial charge < -0.3 is 10.1 Å². The highest BCUT2D eigenvalue weighted by atomic mass is 32.2. The van der Waals surface area contributed by atoms with Crippen LogP contribution in [0.5, 0.6) is 0 Å². The lowest BCUT2D eigenvalue weighted by molar-refractivity contribution is -0.140. The Morgan fingerprint density at radius 2 is 2.04 bits per heavy atom. The van der Waals surface area contributed by atoms with Gasteiger partial charge in [-0.15, -0.1) is 0 Å². The van der Waals surface area contributed by atoms with Crippen molar-refractivity contribution in [2.24, 2.45) is 0 Å². The van der Waals surface area contributed by atoms with Crippen LogP contribution in [0.25, 0.3) is 5.69 Å². The molecule has 6 nitrogen and oxygen atoms in total. The number of methoxy groups -OCH3 is 1. The summed E-state index contributed by atoms with van der Waals surface area (Å²) in [7, 11) is 1.35. The van der Waals surface area contributed by atoms with Crippen LogP contribution in [0.3, 0.4) is 0 Å². The molecule has 0 unspecified atom stereocenters. The first-order chi connectivity index (χ1) is 11.2. The summed E-state index contributed by atoms with van der Waals surface area (Å²) in [5, 5.41) is 3.56. The number of hydrogen-bond acceptors (Lipinski definition) is 5. The summed E-state index contributed by atoms with van der Waals surface area (Å²) in [5.74, 6) is -0.496. The van der Waals surface area contributed by atoms with Gasteiger partial charge in [0.1, 0.15) is 5.69 Å². The second kappa shape index (κ2) is 8.38. The van der Waals surface area contributed by atoms with E-state index in [1.54, 1.807) is 6.20 Å². The number of imidazole rings is 1. The molecule has 1 aromatic carbocycles. The molecule has 0 atom stereocenters. The van der Waals surface area contributed by atoms with Crippen molar-refractivity contribution in [1.29, 1.82) is 0 Å². The van der Waals surface area contributed by atoms with Crippen LogP contribution in [0, 0.1) is 0 Å². The third-order valence-electron chi connectivity index (χ3n) is 3.23. The molecule has 1 amide bonds. The van der Waals surface area contributed by atoms with Crippen molar-refractivity contribution in [2.75, 3.05) is 19.9 Å². The van der Waals surface area contributed by atoms with Crippen molar-refractivity contribution in [3.63, 3.8) is 0 Å². The average molecular weight is 333 g/mol. The quantitative estimate of drug-likeness (QED) is 0.478. The van der Waals surface area contributed by atoms with E-state index in [0.29, 0.717) is 18.7 Å². The molecule has 1 aromatic heterocycles. The van der Waals surface area contributed by atoms with Crippen molar-refractivity contribution in [1.82, 2.24) is 14.9 Å². The molecule has 0 aliphatic rings. The molecule has 0 bridgehead atoms. The van der Waals surface area contributed by atoms with E-state index in [-0.39, 0.29) is 18.3 Å². The number of benzene rings is 1. The molecular weight excluding hydrogens is 314 g/mol. The Hall–Kier alpha value is -2.28. The van der Waals surface area contributed by atoms with Gasteiger partial charge in [-0.2, -0.15) is 0 Å². The first-order valence-electron chi connectivity index (χ1n) is 7.19. The van der Waals surface area contributed by atoms with Crippen LogP contribution in [0.15, 0.2) is 41.7 Å². The van der Waals surface area contributed by atoms with E-state index >= 15 is 0 Å². The van der Waals surface area contributed by atoms with Gasteiger partial charge in [0.2, 0.25) is 0 Å². The Morgan fingerprint density at radius 3 is 2.70 bits per heavy atom. The molecule has 1 N–H and O–H groups in total. The summed E-state index contributed by atoms with van der Waals surface area (Å²) < 4.78 is 6.39. The number of hydrogen-bond donors (Lipinski definition) is 1. The fourth-order valence-electron chi connectivity index (χ4n) is 2.09. The number of aromatic nitrogens is 2. The van der Waals surface area contributed by atoms with Crippen molar-refractivity contribution in [3.8, 4) is 5.69 Å².